The average molecular weight is 263 g/mol. The van der Waals surface area contributed by atoms with E-state index in [0.29, 0.717) is 6.54 Å². The number of unbranched alkanes of at least 4 members (excludes halogenated alkanes) is 1. The second-order valence-electron chi connectivity index (χ2n) is 4.81. The van der Waals surface area contributed by atoms with E-state index >= 15 is 0 Å². The standard InChI is InChI=1S/C15H25N3O/c1-4-5-9-17-15(19)12(2)18(3)14-8-6-7-13(10-14)11-16/h6-8,10,12H,4-5,9,11,16H2,1-3H3,(H,17,19). The fourth-order valence-corrected chi connectivity index (χ4v) is 1.84. The molecule has 0 spiro atoms. The Morgan fingerprint density at radius 1 is 1.47 bits per heavy atom. The molecular weight excluding hydrogens is 238 g/mol. The van der Waals surface area contributed by atoms with Crippen molar-refractivity contribution < 1.29 is 4.79 Å². The third-order valence-corrected chi connectivity index (χ3v) is 3.34. The largest absolute Gasteiger partial charge is 0.363 e. The Hall–Kier alpha value is -1.55. The molecule has 4 heteroatoms. The molecule has 1 rings (SSSR count). The summed E-state index contributed by atoms with van der Waals surface area (Å²) in [6.45, 7) is 5.28. The van der Waals surface area contributed by atoms with Crippen molar-refractivity contribution in [2.24, 2.45) is 5.73 Å². The van der Waals surface area contributed by atoms with E-state index in [2.05, 4.69) is 12.2 Å². The smallest absolute Gasteiger partial charge is 0.242 e. The molecule has 19 heavy (non-hydrogen) atoms. The Bertz CT molecular complexity index is 406. The number of likely N-dealkylation sites (N-methyl/N-ethyl adjacent to an activating group) is 1. The van der Waals surface area contributed by atoms with Crippen molar-refractivity contribution in [3.63, 3.8) is 0 Å². The Labute approximate surface area is 116 Å². The summed E-state index contributed by atoms with van der Waals surface area (Å²) in [7, 11) is 1.93. The Balaban J connectivity index is 2.64. The predicted molar refractivity (Wildman–Crippen MR) is 80.1 cm³/mol. The molecule has 1 aromatic rings. The van der Waals surface area contributed by atoms with Crippen molar-refractivity contribution in [2.45, 2.75) is 39.3 Å². The van der Waals surface area contributed by atoms with Crippen LogP contribution < -0.4 is 16.0 Å². The van der Waals surface area contributed by atoms with Gasteiger partial charge >= 0.3 is 0 Å². The molecule has 0 fully saturated rings. The number of nitrogens with two attached hydrogens (primary N) is 1. The number of amides is 1. The summed E-state index contributed by atoms with van der Waals surface area (Å²) in [5, 5.41) is 2.96. The molecule has 0 heterocycles. The Morgan fingerprint density at radius 2 is 2.21 bits per heavy atom. The number of hydrogen-bond donors (Lipinski definition) is 2. The topological polar surface area (TPSA) is 58.4 Å². The summed E-state index contributed by atoms with van der Waals surface area (Å²) in [6.07, 6.45) is 2.11. The minimum atomic E-state index is -0.190. The SMILES string of the molecule is CCCCNC(=O)C(C)N(C)c1cccc(CN)c1. The van der Waals surface area contributed by atoms with Crippen LogP contribution in [-0.4, -0.2) is 25.5 Å². The van der Waals surface area contributed by atoms with Gasteiger partial charge in [0.1, 0.15) is 6.04 Å². The van der Waals surface area contributed by atoms with Crippen LogP contribution in [0.1, 0.15) is 32.3 Å². The van der Waals surface area contributed by atoms with Gasteiger partial charge in [-0.25, -0.2) is 0 Å². The van der Waals surface area contributed by atoms with Crippen molar-refractivity contribution in [1.29, 1.82) is 0 Å². The summed E-state index contributed by atoms with van der Waals surface area (Å²) in [5.41, 5.74) is 7.73. The van der Waals surface area contributed by atoms with Gasteiger partial charge in [0.15, 0.2) is 0 Å². The molecule has 4 nitrogen and oxygen atoms in total. The first kappa shape index (κ1) is 15.5. The highest BCUT2D eigenvalue weighted by Crippen LogP contribution is 2.17. The van der Waals surface area contributed by atoms with Gasteiger partial charge in [-0.05, 0) is 31.0 Å². The molecule has 3 N–H and O–H groups in total. The van der Waals surface area contributed by atoms with Gasteiger partial charge in [0.2, 0.25) is 5.91 Å². The maximum Gasteiger partial charge on any atom is 0.242 e. The molecule has 0 aromatic heterocycles. The van der Waals surface area contributed by atoms with Crippen LogP contribution in [-0.2, 0) is 11.3 Å². The van der Waals surface area contributed by atoms with Crippen LogP contribution >= 0.6 is 0 Å². The maximum atomic E-state index is 12.0. The molecule has 1 aromatic carbocycles. The number of carbonyl (C=O) groups is 1. The van der Waals surface area contributed by atoms with Gasteiger partial charge in [0.05, 0.1) is 0 Å². The number of nitrogens with zero attached hydrogens (tertiary/aromatic N) is 1. The van der Waals surface area contributed by atoms with Crippen molar-refractivity contribution in [3.05, 3.63) is 29.8 Å². The van der Waals surface area contributed by atoms with Gasteiger partial charge in [0.25, 0.3) is 0 Å². The molecule has 1 unspecified atom stereocenters. The molecule has 0 aliphatic rings. The van der Waals surface area contributed by atoms with Gasteiger partial charge in [0, 0.05) is 25.8 Å². The molecule has 0 aliphatic carbocycles. The van der Waals surface area contributed by atoms with Gasteiger partial charge < -0.3 is 16.0 Å². The third-order valence-electron chi connectivity index (χ3n) is 3.34. The van der Waals surface area contributed by atoms with Crippen LogP contribution in [0.3, 0.4) is 0 Å². The van der Waals surface area contributed by atoms with Crippen LogP contribution in [0.25, 0.3) is 0 Å². The Kier molecular flexibility index (Phi) is 6.36. The zero-order chi connectivity index (χ0) is 14.3. The fourth-order valence-electron chi connectivity index (χ4n) is 1.84. The van der Waals surface area contributed by atoms with E-state index in [0.717, 1.165) is 30.6 Å². The zero-order valence-corrected chi connectivity index (χ0v) is 12.1. The lowest BCUT2D eigenvalue weighted by atomic mass is 10.1. The van der Waals surface area contributed by atoms with Gasteiger partial charge in [-0.1, -0.05) is 25.5 Å². The first-order valence-electron chi connectivity index (χ1n) is 6.89. The van der Waals surface area contributed by atoms with E-state index in [-0.39, 0.29) is 11.9 Å². The predicted octanol–water partition coefficient (Wildman–Crippen LogP) is 1.89. The van der Waals surface area contributed by atoms with Crippen molar-refractivity contribution in [2.75, 3.05) is 18.5 Å². The highest BCUT2D eigenvalue weighted by molar-refractivity contribution is 5.84. The molecule has 106 valence electrons. The first-order chi connectivity index (χ1) is 9.10. The summed E-state index contributed by atoms with van der Waals surface area (Å²) in [4.78, 5) is 14.0. The van der Waals surface area contributed by atoms with Crippen molar-refractivity contribution >= 4 is 11.6 Å². The van der Waals surface area contributed by atoms with Gasteiger partial charge in [-0.3, -0.25) is 4.79 Å². The zero-order valence-electron chi connectivity index (χ0n) is 12.1. The summed E-state index contributed by atoms with van der Waals surface area (Å²) in [5.74, 6) is 0.0640. The number of nitrogens with one attached hydrogen (secondary N) is 1. The molecule has 0 radical (unpaired) electrons. The monoisotopic (exact) mass is 263 g/mol. The first-order valence-corrected chi connectivity index (χ1v) is 6.89. The summed E-state index contributed by atoms with van der Waals surface area (Å²) < 4.78 is 0. The molecule has 0 aliphatic heterocycles. The van der Waals surface area contributed by atoms with Crippen LogP contribution in [0, 0.1) is 0 Å². The van der Waals surface area contributed by atoms with E-state index in [4.69, 9.17) is 5.73 Å². The molecule has 0 saturated carbocycles. The van der Waals surface area contributed by atoms with E-state index < -0.39 is 0 Å². The van der Waals surface area contributed by atoms with E-state index in [9.17, 15) is 4.79 Å². The summed E-state index contributed by atoms with van der Waals surface area (Å²) >= 11 is 0. The number of hydrogen-bond acceptors (Lipinski definition) is 3. The normalized spacial score (nSPS) is 12.0. The number of rotatable bonds is 7. The van der Waals surface area contributed by atoms with Crippen LogP contribution in [0.4, 0.5) is 5.69 Å². The molecular formula is C15H25N3O. The number of anilines is 1. The highest BCUT2D eigenvalue weighted by atomic mass is 16.2. The number of benzene rings is 1. The molecule has 1 amide bonds. The van der Waals surface area contributed by atoms with E-state index in [1.807, 2.05) is 43.1 Å². The second-order valence-corrected chi connectivity index (χ2v) is 4.81. The second kappa shape index (κ2) is 7.79. The highest BCUT2D eigenvalue weighted by Gasteiger charge is 2.17. The lowest BCUT2D eigenvalue weighted by Gasteiger charge is -2.26. The van der Waals surface area contributed by atoms with Gasteiger partial charge in [-0.2, -0.15) is 0 Å². The van der Waals surface area contributed by atoms with E-state index in [1.165, 1.54) is 0 Å². The Morgan fingerprint density at radius 3 is 2.84 bits per heavy atom. The molecule has 0 saturated heterocycles. The lowest BCUT2D eigenvalue weighted by molar-refractivity contribution is -0.122. The average Bonchev–Trinajstić information content (AvgIpc) is 2.45. The van der Waals surface area contributed by atoms with Crippen LogP contribution in [0.15, 0.2) is 24.3 Å². The fraction of sp³-hybridized carbons (Fsp3) is 0.533. The van der Waals surface area contributed by atoms with Gasteiger partial charge in [-0.15, -0.1) is 0 Å². The lowest BCUT2D eigenvalue weighted by Crippen LogP contribution is -2.43. The van der Waals surface area contributed by atoms with Crippen molar-refractivity contribution in [1.82, 2.24) is 5.32 Å². The van der Waals surface area contributed by atoms with Crippen LogP contribution in [0.2, 0.25) is 0 Å². The molecule has 0 bridgehead atoms. The summed E-state index contributed by atoms with van der Waals surface area (Å²) in [6, 6.07) is 7.79. The van der Waals surface area contributed by atoms with Crippen molar-refractivity contribution in [3.8, 4) is 0 Å². The third kappa shape index (κ3) is 4.56. The van der Waals surface area contributed by atoms with E-state index in [1.54, 1.807) is 0 Å². The minimum absolute atomic E-state index is 0.0640. The van der Waals surface area contributed by atoms with Crippen LogP contribution in [0.5, 0.6) is 0 Å². The minimum Gasteiger partial charge on any atom is -0.363 e. The number of carbonyl (C=O) groups excluding carboxylic acids is 1. The molecule has 1 atom stereocenters. The maximum absolute atomic E-state index is 12.0. The quantitative estimate of drug-likeness (QED) is 0.739.